The summed E-state index contributed by atoms with van der Waals surface area (Å²) in [7, 11) is 0. The predicted molar refractivity (Wildman–Crippen MR) is 85.0 cm³/mol. The van der Waals surface area contributed by atoms with Gasteiger partial charge in [0.25, 0.3) is 0 Å². The zero-order valence-corrected chi connectivity index (χ0v) is 12.9. The molecule has 114 valence electrons. The maximum absolute atomic E-state index is 4.60. The first-order valence-electron chi connectivity index (χ1n) is 7.77. The molecule has 1 saturated heterocycles. The fourth-order valence-corrected chi connectivity index (χ4v) is 3.10. The van der Waals surface area contributed by atoms with Crippen LogP contribution >= 0.6 is 0 Å². The Kier molecular flexibility index (Phi) is 3.10. The molecule has 6 heteroatoms. The average molecular weight is 296 g/mol. The zero-order chi connectivity index (χ0) is 15.1. The maximum atomic E-state index is 4.60. The zero-order valence-electron chi connectivity index (χ0n) is 12.9. The highest BCUT2D eigenvalue weighted by molar-refractivity contribution is 5.47. The third-order valence-corrected chi connectivity index (χ3v) is 4.24. The van der Waals surface area contributed by atoms with Crippen molar-refractivity contribution in [3.8, 4) is 0 Å². The lowest BCUT2D eigenvalue weighted by Gasteiger charge is -2.40. The summed E-state index contributed by atoms with van der Waals surface area (Å²) < 4.78 is 4.12. The van der Waals surface area contributed by atoms with Crippen LogP contribution in [0.4, 0.5) is 5.82 Å². The molecule has 4 heterocycles. The average Bonchev–Trinajstić information content (AvgIpc) is 3.10. The predicted octanol–water partition coefficient (Wildman–Crippen LogP) is 2.19. The van der Waals surface area contributed by atoms with E-state index >= 15 is 0 Å². The van der Waals surface area contributed by atoms with Gasteiger partial charge in [0.1, 0.15) is 11.6 Å². The fraction of sp³-hybridized carbons (Fsp3) is 0.438. The Morgan fingerprint density at radius 1 is 1.14 bits per heavy atom. The molecule has 4 rings (SSSR count). The Balaban J connectivity index is 1.42. The summed E-state index contributed by atoms with van der Waals surface area (Å²) in [5.41, 5.74) is 0.890. The van der Waals surface area contributed by atoms with Gasteiger partial charge in [-0.15, -0.1) is 5.10 Å². The SMILES string of the molecule is CC(C)c1nccn1CC1CN(c2ccc3nccn3n2)C1. The van der Waals surface area contributed by atoms with Crippen LogP contribution in [0.5, 0.6) is 0 Å². The molecule has 3 aromatic rings. The van der Waals surface area contributed by atoms with Gasteiger partial charge in [-0.1, -0.05) is 13.8 Å². The summed E-state index contributed by atoms with van der Waals surface area (Å²) in [6.45, 7) is 7.51. The van der Waals surface area contributed by atoms with E-state index in [0.29, 0.717) is 11.8 Å². The van der Waals surface area contributed by atoms with Gasteiger partial charge in [-0.3, -0.25) is 0 Å². The lowest BCUT2D eigenvalue weighted by Crippen LogP contribution is -2.49. The Hall–Kier alpha value is -2.37. The molecule has 1 aliphatic heterocycles. The number of hydrogen-bond donors (Lipinski definition) is 0. The van der Waals surface area contributed by atoms with Gasteiger partial charge in [0.15, 0.2) is 5.65 Å². The third kappa shape index (κ3) is 2.24. The van der Waals surface area contributed by atoms with Crippen LogP contribution in [-0.2, 0) is 6.54 Å². The van der Waals surface area contributed by atoms with Crippen molar-refractivity contribution in [2.75, 3.05) is 18.0 Å². The topological polar surface area (TPSA) is 51.2 Å². The van der Waals surface area contributed by atoms with Gasteiger partial charge in [-0.2, -0.15) is 0 Å². The molecular formula is C16H20N6. The highest BCUT2D eigenvalue weighted by Crippen LogP contribution is 2.25. The largest absolute Gasteiger partial charge is 0.354 e. The Morgan fingerprint density at radius 3 is 2.77 bits per heavy atom. The summed E-state index contributed by atoms with van der Waals surface area (Å²) in [5.74, 6) is 3.33. The normalized spacial score (nSPS) is 15.7. The quantitative estimate of drug-likeness (QED) is 0.740. The Morgan fingerprint density at radius 2 is 1.95 bits per heavy atom. The van der Waals surface area contributed by atoms with E-state index in [1.54, 1.807) is 6.20 Å². The van der Waals surface area contributed by atoms with E-state index in [-0.39, 0.29) is 0 Å². The van der Waals surface area contributed by atoms with E-state index in [4.69, 9.17) is 0 Å². The van der Waals surface area contributed by atoms with Crippen molar-refractivity contribution in [1.29, 1.82) is 0 Å². The van der Waals surface area contributed by atoms with Gasteiger partial charge >= 0.3 is 0 Å². The summed E-state index contributed by atoms with van der Waals surface area (Å²) in [6, 6.07) is 4.07. The van der Waals surface area contributed by atoms with Crippen LogP contribution in [0.25, 0.3) is 5.65 Å². The number of aromatic nitrogens is 5. The number of fused-ring (bicyclic) bond motifs is 1. The fourth-order valence-electron chi connectivity index (χ4n) is 3.10. The van der Waals surface area contributed by atoms with Crippen molar-refractivity contribution in [3.05, 3.63) is 42.7 Å². The van der Waals surface area contributed by atoms with Gasteiger partial charge < -0.3 is 9.47 Å². The van der Waals surface area contributed by atoms with E-state index in [9.17, 15) is 0 Å². The molecule has 1 aliphatic rings. The first-order valence-corrected chi connectivity index (χ1v) is 7.77. The van der Waals surface area contributed by atoms with Crippen LogP contribution in [-0.4, -0.2) is 37.2 Å². The van der Waals surface area contributed by atoms with Gasteiger partial charge in [0.2, 0.25) is 0 Å². The molecule has 3 aromatic heterocycles. The molecule has 0 radical (unpaired) electrons. The van der Waals surface area contributed by atoms with Crippen molar-refractivity contribution in [2.45, 2.75) is 26.3 Å². The second-order valence-electron chi connectivity index (χ2n) is 6.29. The summed E-state index contributed by atoms with van der Waals surface area (Å²) in [6.07, 6.45) is 7.65. The summed E-state index contributed by atoms with van der Waals surface area (Å²) in [4.78, 5) is 11.0. The standard InChI is InChI=1S/C16H20N6/c1-12(2)16-18-5-7-20(16)9-13-10-21(11-13)15-4-3-14-17-6-8-22(14)19-15/h3-8,12-13H,9-11H2,1-2H3. The van der Waals surface area contributed by atoms with Crippen LogP contribution in [0.3, 0.4) is 0 Å². The molecule has 0 amide bonds. The second-order valence-corrected chi connectivity index (χ2v) is 6.29. The van der Waals surface area contributed by atoms with Crippen LogP contribution < -0.4 is 4.90 Å². The molecule has 0 atom stereocenters. The van der Waals surface area contributed by atoms with Crippen LogP contribution in [0.1, 0.15) is 25.6 Å². The number of rotatable bonds is 4. The van der Waals surface area contributed by atoms with E-state index in [1.165, 1.54) is 5.82 Å². The number of hydrogen-bond acceptors (Lipinski definition) is 4. The van der Waals surface area contributed by atoms with Crippen molar-refractivity contribution >= 4 is 11.5 Å². The Bertz CT molecular complexity index is 781. The molecule has 0 saturated carbocycles. The molecule has 22 heavy (non-hydrogen) atoms. The minimum Gasteiger partial charge on any atom is -0.354 e. The monoisotopic (exact) mass is 296 g/mol. The van der Waals surface area contributed by atoms with Crippen molar-refractivity contribution < 1.29 is 0 Å². The van der Waals surface area contributed by atoms with E-state index < -0.39 is 0 Å². The molecule has 0 unspecified atom stereocenters. The van der Waals surface area contributed by atoms with Crippen molar-refractivity contribution in [2.24, 2.45) is 5.92 Å². The number of imidazole rings is 2. The van der Waals surface area contributed by atoms with Crippen LogP contribution in [0.2, 0.25) is 0 Å². The first kappa shape index (κ1) is 13.3. The lowest BCUT2D eigenvalue weighted by atomic mass is 10.00. The van der Waals surface area contributed by atoms with Crippen molar-refractivity contribution in [3.63, 3.8) is 0 Å². The van der Waals surface area contributed by atoms with E-state index in [0.717, 1.165) is 31.1 Å². The Labute approximate surface area is 129 Å². The molecule has 0 aromatic carbocycles. The molecule has 0 spiro atoms. The number of anilines is 1. The molecule has 0 N–H and O–H groups in total. The molecule has 1 fully saturated rings. The molecule has 6 nitrogen and oxygen atoms in total. The summed E-state index contributed by atoms with van der Waals surface area (Å²) in [5, 5.41) is 4.60. The van der Waals surface area contributed by atoms with E-state index in [2.05, 4.69) is 50.6 Å². The minimum absolute atomic E-state index is 0.469. The third-order valence-electron chi connectivity index (χ3n) is 4.24. The van der Waals surface area contributed by atoms with Crippen molar-refractivity contribution in [1.82, 2.24) is 24.1 Å². The summed E-state index contributed by atoms with van der Waals surface area (Å²) >= 11 is 0. The molecule has 0 bridgehead atoms. The van der Waals surface area contributed by atoms with Crippen LogP contribution in [0.15, 0.2) is 36.9 Å². The highest BCUT2D eigenvalue weighted by atomic mass is 15.3. The smallest absolute Gasteiger partial charge is 0.153 e. The van der Waals surface area contributed by atoms with Gasteiger partial charge in [0, 0.05) is 56.3 Å². The second kappa shape index (κ2) is 5.12. The van der Waals surface area contributed by atoms with Crippen LogP contribution in [0, 0.1) is 5.92 Å². The van der Waals surface area contributed by atoms with Gasteiger partial charge in [0.05, 0.1) is 0 Å². The molecular weight excluding hydrogens is 276 g/mol. The molecule has 0 aliphatic carbocycles. The first-order chi connectivity index (χ1) is 10.7. The van der Waals surface area contributed by atoms with Gasteiger partial charge in [-0.25, -0.2) is 14.5 Å². The minimum atomic E-state index is 0.469. The number of nitrogens with zero attached hydrogens (tertiary/aromatic N) is 6. The maximum Gasteiger partial charge on any atom is 0.153 e. The van der Waals surface area contributed by atoms with E-state index in [1.807, 2.05) is 23.0 Å². The van der Waals surface area contributed by atoms with Gasteiger partial charge in [-0.05, 0) is 12.1 Å². The lowest BCUT2D eigenvalue weighted by molar-refractivity contribution is 0.348. The highest BCUT2D eigenvalue weighted by Gasteiger charge is 2.29.